The largest absolute Gasteiger partial charge is 0.481 e. The maximum Gasteiger partial charge on any atom is 0.407 e. The van der Waals surface area contributed by atoms with E-state index in [-0.39, 0.29) is 36.8 Å². The van der Waals surface area contributed by atoms with Crippen LogP contribution in [-0.2, 0) is 14.3 Å². The number of hydrogen-bond donors (Lipinski definition) is 3. The molecule has 4 rings (SSSR count). The first-order chi connectivity index (χ1) is 17.0. The average molecular weight is 479 g/mol. The summed E-state index contributed by atoms with van der Waals surface area (Å²) in [4.78, 5) is 36.9. The third kappa shape index (κ3) is 5.84. The Balaban J connectivity index is 1.37. The minimum atomic E-state index is -0.851. The summed E-state index contributed by atoms with van der Waals surface area (Å²) < 4.78 is 5.64. The quantitative estimate of drug-likeness (QED) is 0.453. The lowest BCUT2D eigenvalue weighted by molar-refractivity contribution is -0.138. The molecule has 1 fully saturated rings. The van der Waals surface area contributed by atoms with E-state index in [0.29, 0.717) is 6.42 Å². The summed E-state index contributed by atoms with van der Waals surface area (Å²) in [6.45, 7) is 2.22. The molecule has 2 aliphatic rings. The predicted molar refractivity (Wildman–Crippen MR) is 133 cm³/mol. The Hall–Kier alpha value is -3.35. The lowest BCUT2D eigenvalue weighted by Crippen LogP contribution is -2.50. The van der Waals surface area contributed by atoms with E-state index in [0.717, 1.165) is 54.4 Å². The van der Waals surface area contributed by atoms with E-state index in [1.165, 1.54) is 0 Å². The number of nitrogens with one attached hydrogen (secondary N) is 2. The van der Waals surface area contributed by atoms with Crippen LogP contribution >= 0.6 is 0 Å². The molecule has 0 aliphatic heterocycles. The van der Waals surface area contributed by atoms with Gasteiger partial charge in [-0.25, -0.2) is 4.79 Å². The highest BCUT2D eigenvalue weighted by Gasteiger charge is 2.33. The van der Waals surface area contributed by atoms with Gasteiger partial charge >= 0.3 is 12.1 Å². The van der Waals surface area contributed by atoms with Crippen molar-refractivity contribution in [3.05, 3.63) is 59.7 Å². The van der Waals surface area contributed by atoms with Crippen molar-refractivity contribution < 1.29 is 24.2 Å². The molecule has 3 unspecified atom stereocenters. The number of unbranched alkanes of at least 4 members (excludes halogenated alkanes) is 1. The molecular formula is C28H34N2O5. The molecule has 0 aromatic heterocycles. The second kappa shape index (κ2) is 11.4. The number of carboxylic acid groups (broad SMARTS) is 1. The van der Waals surface area contributed by atoms with Crippen LogP contribution in [0.2, 0.25) is 0 Å². The number of benzene rings is 2. The standard InChI is InChI=1S/C28H34N2O5/c1-2-3-14-25(27(33)29-24-15-8-9-18(24)16-26(31)32)30-28(34)35-17-23-21-12-6-4-10-19(21)20-11-5-7-13-22(20)23/h4-7,10-13,18,23-25H,2-3,8-9,14-17H2,1H3,(H,29,33)(H,30,34)(H,31,32). The highest BCUT2D eigenvalue weighted by molar-refractivity contribution is 5.86. The van der Waals surface area contributed by atoms with Crippen LogP contribution in [0.5, 0.6) is 0 Å². The van der Waals surface area contributed by atoms with Gasteiger partial charge in [0.2, 0.25) is 5.91 Å². The fourth-order valence-corrected chi connectivity index (χ4v) is 5.44. The Kier molecular flexibility index (Phi) is 8.06. The van der Waals surface area contributed by atoms with Gasteiger partial charge < -0.3 is 20.5 Å². The number of rotatable bonds is 10. The molecule has 0 heterocycles. The SMILES string of the molecule is CCCCC(NC(=O)OCC1c2ccccc2-c2ccccc21)C(=O)NC1CCCC1CC(=O)O. The number of carbonyl (C=O) groups excluding carboxylic acids is 2. The van der Waals surface area contributed by atoms with E-state index in [1.807, 2.05) is 31.2 Å². The van der Waals surface area contributed by atoms with Gasteiger partial charge in [0, 0.05) is 12.0 Å². The molecule has 7 heteroatoms. The van der Waals surface area contributed by atoms with Gasteiger partial charge in [-0.15, -0.1) is 0 Å². The van der Waals surface area contributed by atoms with Gasteiger partial charge in [0.1, 0.15) is 12.6 Å². The van der Waals surface area contributed by atoms with Crippen LogP contribution in [0.1, 0.15) is 68.9 Å². The Morgan fingerprint density at radius 1 is 1.03 bits per heavy atom. The molecular weight excluding hydrogens is 444 g/mol. The van der Waals surface area contributed by atoms with Gasteiger partial charge in [0.15, 0.2) is 0 Å². The summed E-state index contributed by atoms with van der Waals surface area (Å²) in [5, 5.41) is 14.9. The van der Waals surface area contributed by atoms with Crippen LogP contribution in [0.15, 0.2) is 48.5 Å². The van der Waals surface area contributed by atoms with Crippen molar-refractivity contribution in [2.24, 2.45) is 5.92 Å². The maximum atomic E-state index is 13.0. The number of hydrogen-bond acceptors (Lipinski definition) is 4. The second-order valence-electron chi connectivity index (χ2n) is 9.57. The zero-order valence-corrected chi connectivity index (χ0v) is 20.2. The van der Waals surface area contributed by atoms with Crippen LogP contribution in [-0.4, -0.2) is 41.8 Å². The topological polar surface area (TPSA) is 105 Å². The number of carboxylic acids is 1. The van der Waals surface area contributed by atoms with Crippen molar-refractivity contribution in [2.75, 3.05) is 6.61 Å². The lowest BCUT2D eigenvalue weighted by Gasteiger charge is -2.24. The van der Waals surface area contributed by atoms with Crippen LogP contribution in [0, 0.1) is 5.92 Å². The summed E-state index contributed by atoms with van der Waals surface area (Å²) in [5.41, 5.74) is 4.58. The number of fused-ring (bicyclic) bond motifs is 3. The Morgan fingerprint density at radius 2 is 1.69 bits per heavy atom. The Labute approximate surface area is 206 Å². The normalized spacial score (nSPS) is 19.5. The molecule has 1 saturated carbocycles. The molecule has 0 radical (unpaired) electrons. The second-order valence-corrected chi connectivity index (χ2v) is 9.57. The third-order valence-electron chi connectivity index (χ3n) is 7.22. The van der Waals surface area contributed by atoms with Crippen LogP contribution < -0.4 is 10.6 Å². The van der Waals surface area contributed by atoms with E-state index in [2.05, 4.69) is 34.9 Å². The Bertz CT molecular complexity index is 1020. The van der Waals surface area contributed by atoms with Gasteiger partial charge in [-0.05, 0) is 47.4 Å². The number of alkyl carbamates (subject to hydrolysis) is 1. The number of amides is 2. The van der Waals surface area contributed by atoms with Gasteiger partial charge in [-0.2, -0.15) is 0 Å². The fraction of sp³-hybridized carbons (Fsp3) is 0.464. The molecule has 3 atom stereocenters. The maximum absolute atomic E-state index is 13.0. The van der Waals surface area contributed by atoms with E-state index in [9.17, 15) is 14.4 Å². The molecule has 7 nitrogen and oxygen atoms in total. The van der Waals surface area contributed by atoms with Crippen LogP contribution in [0.4, 0.5) is 4.79 Å². The van der Waals surface area contributed by atoms with Crippen LogP contribution in [0.3, 0.4) is 0 Å². The highest BCUT2D eigenvalue weighted by Crippen LogP contribution is 2.44. The Morgan fingerprint density at radius 3 is 2.31 bits per heavy atom. The highest BCUT2D eigenvalue weighted by atomic mass is 16.5. The summed E-state index contributed by atoms with van der Waals surface area (Å²) in [6.07, 6.45) is 4.05. The first kappa shape index (κ1) is 24.8. The molecule has 0 bridgehead atoms. The lowest BCUT2D eigenvalue weighted by atomic mass is 9.98. The minimum Gasteiger partial charge on any atom is -0.481 e. The molecule has 2 aliphatic carbocycles. The van der Waals surface area contributed by atoms with Crippen molar-refractivity contribution in [3.8, 4) is 11.1 Å². The zero-order chi connectivity index (χ0) is 24.8. The summed E-state index contributed by atoms with van der Waals surface area (Å²) in [5.74, 6) is -1.24. The average Bonchev–Trinajstić information content (AvgIpc) is 3.41. The summed E-state index contributed by atoms with van der Waals surface area (Å²) >= 11 is 0. The molecule has 2 amide bonds. The van der Waals surface area contributed by atoms with Crippen molar-refractivity contribution in [3.63, 3.8) is 0 Å². The molecule has 186 valence electrons. The smallest absolute Gasteiger partial charge is 0.407 e. The molecule has 0 spiro atoms. The van der Waals surface area contributed by atoms with Crippen LogP contribution in [0.25, 0.3) is 11.1 Å². The van der Waals surface area contributed by atoms with E-state index >= 15 is 0 Å². The monoisotopic (exact) mass is 478 g/mol. The summed E-state index contributed by atoms with van der Waals surface area (Å²) in [7, 11) is 0. The van der Waals surface area contributed by atoms with E-state index < -0.39 is 18.1 Å². The van der Waals surface area contributed by atoms with Crippen molar-refractivity contribution >= 4 is 18.0 Å². The number of carbonyl (C=O) groups is 3. The zero-order valence-electron chi connectivity index (χ0n) is 20.2. The minimum absolute atomic E-state index is 0.0460. The molecule has 2 aromatic carbocycles. The molecule has 35 heavy (non-hydrogen) atoms. The third-order valence-corrected chi connectivity index (χ3v) is 7.22. The predicted octanol–water partition coefficient (Wildman–Crippen LogP) is 4.84. The molecule has 2 aromatic rings. The van der Waals surface area contributed by atoms with Gasteiger partial charge in [0.25, 0.3) is 0 Å². The van der Waals surface area contributed by atoms with Gasteiger partial charge in [-0.3, -0.25) is 9.59 Å². The van der Waals surface area contributed by atoms with Gasteiger partial charge in [0.05, 0.1) is 6.42 Å². The first-order valence-electron chi connectivity index (χ1n) is 12.6. The first-order valence-corrected chi connectivity index (χ1v) is 12.6. The molecule has 0 saturated heterocycles. The number of ether oxygens (including phenoxy) is 1. The van der Waals surface area contributed by atoms with Crippen molar-refractivity contribution in [1.29, 1.82) is 0 Å². The van der Waals surface area contributed by atoms with E-state index in [4.69, 9.17) is 9.84 Å². The number of aliphatic carboxylic acids is 1. The van der Waals surface area contributed by atoms with E-state index in [1.54, 1.807) is 0 Å². The molecule has 3 N–H and O–H groups in total. The van der Waals surface area contributed by atoms with Crippen molar-refractivity contribution in [2.45, 2.75) is 69.9 Å². The van der Waals surface area contributed by atoms with Gasteiger partial charge in [-0.1, -0.05) is 74.7 Å². The fourth-order valence-electron chi connectivity index (χ4n) is 5.44. The van der Waals surface area contributed by atoms with Crippen molar-refractivity contribution in [1.82, 2.24) is 10.6 Å². The summed E-state index contributed by atoms with van der Waals surface area (Å²) in [6, 6.07) is 15.4.